The van der Waals surface area contributed by atoms with Gasteiger partial charge in [0.05, 0.1) is 7.11 Å². The van der Waals surface area contributed by atoms with E-state index in [1.54, 1.807) is 43.6 Å². The Morgan fingerprint density at radius 2 is 2.04 bits per heavy atom. The first kappa shape index (κ1) is 17.0. The Balaban J connectivity index is 1.46. The van der Waals surface area contributed by atoms with E-state index in [1.807, 2.05) is 12.1 Å². The van der Waals surface area contributed by atoms with Crippen LogP contribution in [0.1, 0.15) is 6.42 Å². The van der Waals surface area contributed by atoms with Crippen LogP contribution in [-0.4, -0.2) is 34.0 Å². The third-order valence-electron chi connectivity index (χ3n) is 3.22. The number of aromatic nitrogens is 3. The van der Waals surface area contributed by atoms with Gasteiger partial charge in [0.15, 0.2) is 0 Å². The molecule has 0 spiro atoms. The molecule has 3 aromatic rings. The Hall–Kier alpha value is -2.87. The standard InChI is InChI=1S/C17H16N4O3S/c1-23-13-7-5-12(6-8-13)19-15(22)9-11-25-17-21-20-16(24-17)14-4-2-3-10-18-14/h2-8,10H,9,11H2,1H3,(H,19,22). The monoisotopic (exact) mass is 356 g/mol. The van der Waals surface area contributed by atoms with Gasteiger partial charge in [0, 0.05) is 24.1 Å². The average molecular weight is 356 g/mol. The van der Waals surface area contributed by atoms with Crippen LogP contribution in [0, 0.1) is 0 Å². The van der Waals surface area contributed by atoms with Crippen LogP contribution in [0.15, 0.2) is 58.3 Å². The summed E-state index contributed by atoms with van der Waals surface area (Å²) in [4.78, 5) is 16.1. The maximum atomic E-state index is 12.0. The number of hydrogen-bond acceptors (Lipinski definition) is 7. The van der Waals surface area contributed by atoms with E-state index in [0.29, 0.717) is 29.0 Å². The topological polar surface area (TPSA) is 90.1 Å². The minimum atomic E-state index is -0.0814. The lowest BCUT2D eigenvalue weighted by Gasteiger charge is -2.05. The highest BCUT2D eigenvalue weighted by atomic mass is 32.2. The summed E-state index contributed by atoms with van der Waals surface area (Å²) in [5.74, 6) is 1.56. The van der Waals surface area contributed by atoms with E-state index < -0.39 is 0 Å². The molecule has 0 fully saturated rings. The van der Waals surface area contributed by atoms with Crippen LogP contribution in [0.2, 0.25) is 0 Å². The van der Waals surface area contributed by atoms with Crippen LogP contribution in [-0.2, 0) is 4.79 Å². The van der Waals surface area contributed by atoms with Crippen molar-refractivity contribution in [2.45, 2.75) is 11.6 Å². The second-order valence-electron chi connectivity index (χ2n) is 4.96. The first-order valence-corrected chi connectivity index (χ1v) is 8.55. The highest BCUT2D eigenvalue weighted by molar-refractivity contribution is 7.99. The predicted octanol–water partition coefficient (Wildman–Crippen LogP) is 3.26. The molecule has 0 unspecified atom stereocenters. The molecule has 1 N–H and O–H groups in total. The molecule has 0 bridgehead atoms. The minimum Gasteiger partial charge on any atom is -0.497 e. The summed E-state index contributed by atoms with van der Waals surface area (Å²) in [5, 5.41) is 11.1. The number of pyridine rings is 1. The second-order valence-corrected chi connectivity index (χ2v) is 6.01. The number of nitrogens with zero attached hydrogens (tertiary/aromatic N) is 3. The largest absolute Gasteiger partial charge is 0.497 e. The lowest BCUT2D eigenvalue weighted by Crippen LogP contribution is -2.12. The molecule has 0 aliphatic rings. The second kappa shape index (κ2) is 8.29. The fourth-order valence-electron chi connectivity index (χ4n) is 1.99. The zero-order chi connectivity index (χ0) is 17.5. The van der Waals surface area contributed by atoms with Crippen molar-refractivity contribution in [2.24, 2.45) is 0 Å². The van der Waals surface area contributed by atoms with Crippen LogP contribution < -0.4 is 10.1 Å². The average Bonchev–Trinajstić information content (AvgIpc) is 3.12. The maximum absolute atomic E-state index is 12.0. The van der Waals surface area contributed by atoms with Crippen molar-refractivity contribution in [1.82, 2.24) is 15.2 Å². The van der Waals surface area contributed by atoms with E-state index in [2.05, 4.69) is 20.5 Å². The van der Waals surface area contributed by atoms with Crippen LogP contribution >= 0.6 is 11.8 Å². The zero-order valence-electron chi connectivity index (χ0n) is 13.5. The summed E-state index contributed by atoms with van der Waals surface area (Å²) in [6.07, 6.45) is 1.99. The van der Waals surface area contributed by atoms with Crippen molar-refractivity contribution >= 4 is 23.4 Å². The van der Waals surface area contributed by atoms with E-state index in [0.717, 1.165) is 11.4 Å². The maximum Gasteiger partial charge on any atom is 0.276 e. The van der Waals surface area contributed by atoms with Crippen LogP contribution in [0.4, 0.5) is 5.69 Å². The summed E-state index contributed by atoms with van der Waals surface area (Å²) in [6, 6.07) is 12.6. The molecule has 0 saturated heterocycles. The summed E-state index contributed by atoms with van der Waals surface area (Å²) in [6.45, 7) is 0. The van der Waals surface area contributed by atoms with Gasteiger partial charge in [-0.3, -0.25) is 9.78 Å². The number of methoxy groups -OCH3 is 1. The Kier molecular flexibility index (Phi) is 5.63. The number of ether oxygens (including phenoxy) is 1. The molecule has 2 aromatic heterocycles. The summed E-state index contributed by atoms with van der Waals surface area (Å²) < 4.78 is 10.6. The number of carbonyl (C=O) groups excluding carboxylic acids is 1. The molecule has 2 heterocycles. The summed E-state index contributed by atoms with van der Waals surface area (Å²) >= 11 is 1.33. The lowest BCUT2D eigenvalue weighted by molar-refractivity contribution is -0.115. The number of anilines is 1. The molecule has 0 saturated carbocycles. The Bertz CT molecular complexity index is 821. The van der Waals surface area contributed by atoms with E-state index >= 15 is 0 Å². The molecule has 0 radical (unpaired) electrons. The molecule has 7 nitrogen and oxygen atoms in total. The Labute approximate surface area is 148 Å². The zero-order valence-corrected chi connectivity index (χ0v) is 14.3. The molecule has 0 atom stereocenters. The number of hydrogen-bond donors (Lipinski definition) is 1. The van der Waals surface area contributed by atoms with Crippen molar-refractivity contribution in [3.8, 4) is 17.3 Å². The number of rotatable bonds is 7. The predicted molar refractivity (Wildman–Crippen MR) is 94.5 cm³/mol. The normalized spacial score (nSPS) is 10.4. The first-order valence-electron chi connectivity index (χ1n) is 7.56. The van der Waals surface area contributed by atoms with Gasteiger partial charge in [-0.2, -0.15) is 0 Å². The number of amides is 1. The van der Waals surface area contributed by atoms with E-state index in [9.17, 15) is 4.79 Å². The van der Waals surface area contributed by atoms with Crippen molar-refractivity contribution in [2.75, 3.05) is 18.2 Å². The quantitative estimate of drug-likeness (QED) is 0.650. The minimum absolute atomic E-state index is 0.0814. The van der Waals surface area contributed by atoms with Gasteiger partial charge in [-0.15, -0.1) is 10.2 Å². The van der Waals surface area contributed by atoms with E-state index in [1.165, 1.54) is 11.8 Å². The van der Waals surface area contributed by atoms with Crippen LogP contribution in [0.25, 0.3) is 11.6 Å². The van der Waals surface area contributed by atoms with Gasteiger partial charge >= 0.3 is 0 Å². The molecular weight excluding hydrogens is 340 g/mol. The van der Waals surface area contributed by atoms with Crippen molar-refractivity contribution in [3.63, 3.8) is 0 Å². The molecule has 128 valence electrons. The van der Waals surface area contributed by atoms with Gasteiger partial charge in [0.2, 0.25) is 5.91 Å². The first-order chi connectivity index (χ1) is 12.2. The number of benzene rings is 1. The molecule has 1 amide bonds. The highest BCUT2D eigenvalue weighted by Crippen LogP contribution is 2.22. The van der Waals surface area contributed by atoms with Crippen LogP contribution in [0.3, 0.4) is 0 Å². The van der Waals surface area contributed by atoms with Crippen molar-refractivity contribution < 1.29 is 13.9 Å². The third-order valence-corrected chi connectivity index (χ3v) is 4.04. The molecule has 3 rings (SSSR count). The van der Waals surface area contributed by atoms with Crippen molar-refractivity contribution in [1.29, 1.82) is 0 Å². The lowest BCUT2D eigenvalue weighted by atomic mass is 10.3. The Morgan fingerprint density at radius 3 is 2.76 bits per heavy atom. The smallest absolute Gasteiger partial charge is 0.276 e. The van der Waals surface area contributed by atoms with Gasteiger partial charge in [-0.25, -0.2) is 0 Å². The van der Waals surface area contributed by atoms with Gasteiger partial charge in [0.1, 0.15) is 11.4 Å². The SMILES string of the molecule is COc1ccc(NC(=O)CCSc2nnc(-c3ccccn3)o2)cc1. The molecule has 8 heteroatoms. The molecule has 25 heavy (non-hydrogen) atoms. The van der Waals surface area contributed by atoms with Gasteiger partial charge in [-0.1, -0.05) is 17.8 Å². The molecule has 0 aliphatic heterocycles. The number of carbonyl (C=O) groups is 1. The number of thioether (sulfide) groups is 1. The van der Waals surface area contributed by atoms with Gasteiger partial charge in [0.25, 0.3) is 11.1 Å². The molecular formula is C17H16N4O3S. The summed E-state index contributed by atoms with van der Waals surface area (Å²) in [5.41, 5.74) is 1.35. The highest BCUT2D eigenvalue weighted by Gasteiger charge is 2.10. The fraction of sp³-hybridized carbons (Fsp3) is 0.176. The van der Waals surface area contributed by atoms with E-state index in [4.69, 9.17) is 9.15 Å². The Morgan fingerprint density at radius 1 is 1.20 bits per heavy atom. The van der Waals surface area contributed by atoms with E-state index in [-0.39, 0.29) is 5.91 Å². The molecule has 0 aliphatic carbocycles. The van der Waals surface area contributed by atoms with Gasteiger partial charge in [-0.05, 0) is 36.4 Å². The fourth-order valence-corrected chi connectivity index (χ4v) is 2.69. The third kappa shape index (κ3) is 4.80. The van der Waals surface area contributed by atoms with Crippen molar-refractivity contribution in [3.05, 3.63) is 48.7 Å². The number of nitrogens with one attached hydrogen (secondary N) is 1. The van der Waals surface area contributed by atoms with Crippen LogP contribution in [0.5, 0.6) is 5.75 Å². The molecule has 1 aromatic carbocycles. The van der Waals surface area contributed by atoms with Gasteiger partial charge < -0.3 is 14.5 Å². The summed E-state index contributed by atoms with van der Waals surface area (Å²) in [7, 11) is 1.60.